The minimum Gasteiger partial charge on any atom is -0.313 e. The summed E-state index contributed by atoms with van der Waals surface area (Å²) in [6.45, 7) is 0. The lowest BCUT2D eigenvalue weighted by molar-refractivity contribution is 0.390. The molecule has 82 valence electrons. The Hall–Kier alpha value is -0.340. The van der Waals surface area contributed by atoms with Crippen molar-refractivity contribution in [2.24, 2.45) is 5.92 Å². The van der Waals surface area contributed by atoms with E-state index in [0.717, 1.165) is 5.92 Å². The van der Waals surface area contributed by atoms with Crippen LogP contribution in [-0.4, -0.2) is 7.05 Å². The lowest BCUT2D eigenvalue weighted by Crippen LogP contribution is -2.23. The summed E-state index contributed by atoms with van der Waals surface area (Å²) in [7, 11) is 2.07. The zero-order chi connectivity index (χ0) is 10.7. The molecule has 1 saturated carbocycles. The molecule has 1 atom stereocenters. The van der Waals surface area contributed by atoms with Crippen LogP contribution < -0.4 is 5.32 Å². The zero-order valence-electron chi connectivity index (χ0n) is 9.17. The first-order valence-corrected chi connectivity index (χ1v) is 6.53. The Labute approximate surface area is 100 Å². The summed E-state index contributed by atoms with van der Waals surface area (Å²) in [6, 6.07) is 9.21. The summed E-state index contributed by atoms with van der Waals surface area (Å²) in [4.78, 5) is 0. The van der Waals surface area contributed by atoms with Crippen molar-refractivity contribution in [1.82, 2.24) is 5.32 Å². The number of halogens is 1. The highest BCUT2D eigenvalue weighted by Crippen LogP contribution is 2.35. The van der Waals surface area contributed by atoms with Gasteiger partial charge in [0, 0.05) is 10.5 Å². The molecule has 2 heteroatoms. The molecule has 0 spiro atoms. The van der Waals surface area contributed by atoms with Gasteiger partial charge in [0.15, 0.2) is 0 Å². The third kappa shape index (κ3) is 2.61. The number of rotatable bonds is 3. The Balaban J connectivity index is 2.18. The standard InChI is InChI=1S/C13H18BrN/c1-15-13(10-5-2-3-6-10)11-7-4-8-12(14)9-11/h4,7-10,13,15H,2-3,5-6H2,1H3. The predicted octanol–water partition coefficient (Wildman–Crippen LogP) is 3.90. The molecular weight excluding hydrogens is 250 g/mol. The largest absolute Gasteiger partial charge is 0.313 e. The summed E-state index contributed by atoms with van der Waals surface area (Å²) in [6.07, 6.45) is 5.55. The van der Waals surface area contributed by atoms with Gasteiger partial charge in [-0.05, 0) is 43.5 Å². The van der Waals surface area contributed by atoms with Crippen molar-refractivity contribution < 1.29 is 0 Å². The highest BCUT2D eigenvalue weighted by molar-refractivity contribution is 9.10. The maximum atomic E-state index is 3.54. The van der Waals surface area contributed by atoms with E-state index in [0.29, 0.717) is 6.04 Å². The Kier molecular flexibility index (Phi) is 3.81. The average Bonchev–Trinajstić information content (AvgIpc) is 2.72. The summed E-state index contributed by atoms with van der Waals surface area (Å²) >= 11 is 3.54. The van der Waals surface area contributed by atoms with Crippen LogP contribution in [0.4, 0.5) is 0 Å². The highest BCUT2D eigenvalue weighted by atomic mass is 79.9. The molecule has 1 aliphatic carbocycles. The Bertz CT molecular complexity index is 318. The molecule has 0 aromatic heterocycles. The van der Waals surface area contributed by atoms with E-state index in [9.17, 15) is 0 Å². The van der Waals surface area contributed by atoms with Gasteiger partial charge < -0.3 is 5.32 Å². The van der Waals surface area contributed by atoms with Gasteiger partial charge in [-0.25, -0.2) is 0 Å². The average molecular weight is 268 g/mol. The second kappa shape index (κ2) is 5.13. The van der Waals surface area contributed by atoms with Gasteiger partial charge in [0.1, 0.15) is 0 Å². The van der Waals surface area contributed by atoms with Crippen molar-refractivity contribution >= 4 is 15.9 Å². The molecule has 1 aromatic rings. The number of benzene rings is 1. The van der Waals surface area contributed by atoms with E-state index in [2.05, 4.69) is 52.6 Å². The van der Waals surface area contributed by atoms with Gasteiger partial charge >= 0.3 is 0 Å². The van der Waals surface area contributed by atoms with Crippen LogP contribution in [0.25, 0.3) is 0 Å². The molecule has 0 saturated heterocycles. The first-order chi connectivity index (χ1) is 7.31. The zero-order valence-corrected chi connectivity index (χ0v) is 10.8. The second-order valence-electron chi connectivity index (χ2n) is 4.37. The third-order valence-corrected chi connectivity index (χ3v) is 3.88. The SMILES string of the molecule is CNC(c1cccc(Br)c1)C1CCCC1. The van der Waals surface area contributed by atoms with E-state index in [4.69, 9.17) is 0 Å². The van der Waals surface area contributed by atoms with Crippen LogP contribution >= 0.6 is 15.9 Å². The molecule has 1 unspecified atom stereocenters. The molecule has 1 N–H and O–H groups in total. The normalized spacial score (nSPS) is 19.3. The topological polar surface area (TPSA) is 12.0 Å². The molecule has 1 fully saturated rings. The first-order valence-electron chi connectivity index (χ1n) is 5.74. The van der Waals surface area contributed by atoms with Gasteiger partial charge in [0.2, 0.25) is 0 Å². The Morgan fingerprint density at radius 1 is 1.33 bits per heavy atom. The molecule has 0 radical (unpaired) electrons. The van der Waals surface area contributed by atoms with Gasteiger partial charge in [-0.3, -0.25) is 0 Å². The number of hydrogen-bond donors (Lipinski definition) is 1. The molecule has 2 rings (SSSR count). The number of hydrogen-bond acceptors (Lipinski definition) is 1. The van der Waals surface area contributed by atoms with Gasteiger partial charge in [-0.1, -0.05) is 40.9 Å². The van der Waals surface area contributed by atoms with Crippen LogP contribution in [-0.2, 0) is 0 Å². The molecule has 0 bridgehead atoms. The highest BCUT2D eigenvalue weighted by Gasteiger charge is 2.24. The Morgan fingerprint density at radius 2 is 2.07 bits per heavy atom. The van der Waals surface area contributed by atoms with E-state index in [-0.39, 0.29) is 0 Å². The van der Waals surface area contributed by atoms with E-state index in [1.807, 2.05) is 0 Å². The van der Waals surface area contributed by atoms with Gasteiger partial charge in [-0.15, -0.1) is 0 Å². The van der Waals surface area contributed by atoms with E-state index in [1.54, 1.807) is 0 Å². The van der Waals surface area contributed by atoms with Crippen molar-refractivity contribution in [3.63, 3.8) is 0 Å². The molecule has 0 aliphatic heterocycles. The molecule has 1 aromatic carbocycles. The van der Waals surface area contributed by atoms with Gasteiger partial charge in [0.25, 0.3) is 0 Å². The monoisotopic (exact) mass is 267 g/mol. The van der Waals surface area contributed by atoms with Crippen molar-refractivity contribution in [3.8, 4) is 0 Å². The minimum absolute atomic E-state index is 0.532. The van der Waals surface area contributed by atoms with Gasteiger partial charge in [0.05, 0.1) is 0 Å². The minimum atomic E-state index is 0.532. The molecular formula is C13H18BrN. The summed E-state index contributed by atoms with van der Waals surface area (Å²) in [5, 5.41) is 3.47. The summed E-state index contributed by atoms with van der Waals surface area (Å²) in [5.74, 6) is 0.823. The Morgan fingerprint density at radius 3 is 2.67 bits per heavy atom. The number of nitrogens with one attached hydrogen (secondary N) is 1. The predicted molar refractivity (Wildman–Crippen MR) is 67.9 cm³/mol. The van der Waals surface area contributed by atoms with Crippen LogP contribution in [0, 0.1) is 5.92 Å². The third-order valence-electron chi connectivity index (χ3n) is 3.39. The first kappa shape index (κ1) is 11.2. The lowest BCUT2D eigenvalue weighted by atomic mass is 9.92. The molecule has 1 nitrogen and oxygen atoms in total. The molecule has 0 heterocycles. The fraction of sp³-hybridized carbons (Fsp3) is 0.538. The van der Waals surface area contributed by atoms with Crippen LogP contribution in [0.5, 0.6) is 0 Å². The van der Waals surface area contributed by atoms with E-state index >= 15 is 0 Å². The smallest absolute Gasteiger partial charge is 0.0346 e. The van der Waals surface area contributed by atoms with Gasteiger partial charge in [-0.2, -0.15) is 0 Å². The summed E-state index contributed by atoms with van der Waals surface area (Å²) < 4.78 is 1.18. The van der Waals surface area contributed by atoms with Crippen LogP contribution in [0.2, 0.25) is 0 Å². The fourth-order valence-corrected chi connectivity index (χ4v) is 3.08. The summed E-state index contributed by atoms with van der Waals surface area (Å²) in [5.41, 5.74) is 1.42. The van der Waals surface area contributed by atoms with Crippen molar-refractivity contribution in [2.45, 2.75) is 31.7 Å². The van der Waals surface area contributed by atoms with Crippen LogP contribution in [0.1, 0.15) is 37.3 Å². The van der Waals surface area contributed by atoms with Crippen molar-refractivity contribution in [1.29, 1.82) is 0 Å². The molecule has 15 heavy (non-hydrogen) atoms. The van der Waals surface area contributed by atoms with Crippen LogP contribution in [0.15, 0.2) is 28.7 Å². The maximum absolute atomic E-state index is 3.54. The van der Waals surface area contributed by atoms with Crippen molar-refractivity contribution in [2.75, 3.05) is 7.05 Å². The molecule has 1 aliphatic rings. The van der Waals surface area contributed by atoms with E-state index in [1.165, 1.54) is 35.7 Å². The van der Waals surface area contributed by atoms with Crippen LogP contribution in [0.3, 0.4) is 0 Å². The maximum Gasteiger partial charge on any atom is 0.0346 e. The fourth-order valence-electron chi connectivity index (χ4n) is 2.67. The van der Waals surface area contributed by atoms with E-state index < -0.39 is 0 Å². The quantitative estimate of drug-likeness (QED) is 0.876. The lowest BCUT2D eigenvalue weighted by Gasteiger charge is -2.23. The second-order valence-corrected chi connectivity index (χ2v) is 5.28. The molecule has 0 amide bonds. The van der Waals surface area contributed by atoms with Crippen molar-refractivity contribution in [3.05, 3.63) is 34.3 Å².